The summed E-state index contributed by atoms with van der Waals surface area (Å²) < 4.78 is 18.0. The summed E-state index contributed by atoms with van der Waals surface area (Å²) in [5.41, 5.74) is 1.55. The summed E-state index contributed by atoms with van der Waals surface area (Å²) in [5.74, 6) is 1.02. The highest BCUT2D eigenvalue weighted by Crippen LogP contribution is 2.36. The van der Waals surface area contributed by atoms with Gasteiger partial charge in [-0.25, -0.2) is 9.79 Å². The Morgan fingerprint density at radius 3 is 2.72 bits per heavy atom. The molecule has 3 rings (SSSR count). The normalized spacial score (nSPS) is 15.8. The Kier molecular flexibility index (Phi) is 7.18. The number of hydrogen-bond acceptors (Lipinski definition) is 5. The predicted molar refractivity (Wildman–Crippen MR) is 123 cm³/mol. The second-order valence-electron chi connectivity index (χ2n) is 6.42. The minimum atomic E-state index is -0.521. The van der Waals surface area contributed by atoms with Crippen molar-refractivity contribution in [3.8, 4) is 11.5 Å². The third-order valence-corrected chi connectivity index (χ3v) is 5.38. The summed E-state index contributed by atoms with van der Waals surface area (Å²) in [5, 5.41) is 0.472. The van der Waals surface area contributed by atoms with Gasteiger partial charge in [0, 0.05) is 0 Å². The van der Waals surface area contributed by atoms with Crippen LogP contribution in [0.2, 0.25) is 5.02 Å². The van der Waals surface area contributed by atoms with Gasteiger partial charge in [0.15, 0.2) is 17.2 Å². The topological polar surface area (TPSA) is 57.1 Å². The van der Waals surface area contributed by atoms with Crippen LogP contribution in [0.15, 0.2) is 47.1 Å². The summed E-state index contributed by atoms with van der Waals surface area (Å²) in [6.07, 6.45) is 2.63. The van der Waals surface area contributed by atoms with E-state index in [0.717, 1.165) is 15.6 Å². The third kappa shape index (κ3) is 5.11. The molecule has 2 aromatic rings. The summed E-state index contributed by atoms with van der Waals surface area (Å²) in [4.78, 5) is 16.6. The lowest BCUT2D eigenvalue weighted by atomic mass is 10.1. The fourth-order valence-corrected chi connectivity index (χ4v) is 3.62. The minimum absolute atomic E-state index is 0.0690. The Balaban J connectivity index is 1.97. The van der Waals surface area contributed by atoms with Crippen LogP contribution in [0.5, 0.6) is 11.5 Å². The van der Waals surface area contributed by atoms with E-state index >= 15 is 0 Å². The average Bonchev–Trinajstić information content (AvgIpc) is 3.05. The number of carbonyl (C=O) groups excluding carboxylic acids is 1. The number of nitrogens with zero attached hydrogens (tertiary/aromatic N) is 1. The SMILES string of the molecule is CCOc1cc(/C=C2\N=C(c3ccccc3Cl)OC2=O)cc(I)c1OC(C)CC. The number of cyclic esters (lactones) is 1. The van der Waals surface area contributed by atoms with E-state index in [0.29, 0.717) is 28.7 Å². The van der Waals surface area contributed by atoms with Crippen molar-refractivity contribution in [1.82, 2.24) is 0 Å². The van der Waals surface area contributed by atoms with Crippen LogP contribution in [-0.2, 0) is 9.53 Å². The molecule has 1 aliphatic heterocycles. The Bertz CT molecular complexity index is 987. The number of rotatable bonds is 7. The molecule has 1 heterocycles. The second-order valence-corrected chi connectivity index (χ2v) is 7.99. The van der Waals surface area contributed by atoms with Crippen LogP contribution in [0.4, 0.5) is 0 Å². The lowest BCUT2D eigenvalue weighted by Gasteiger charge is -2.18. The highest BCUT2D eigenvalue weighted by atomic mass is 127. The maximum Gasteiger partial charge on any atom is 0.363 e. The van der Waals surface area contributed by atoms with Crippen LogP contribution in [0.1, 0.15) is 38.3 Å². The fraction of sp³-hybridized carbons (Fsp3) is 0.273. The van der Waals surface area contributed by atoms with E-state index in [-0.39, 0.29) is 17.7 Å². The number of ether oxygens (including phenoxy) is 3. The van der Waals surface area contributed by atoms with Crippen LogP contribution >= 0.6 is 34.2 Å². The zero-order valence-corrected chi connectivity index (χ0v) is 19.3. The molecule has 1 aliphatic rings. The van der Waals surface area contributed by atoms with Crippen molar-refractivity contribution >= 4 is 52.1 Å². The fourth-order valence-electron chi connectivity index (χ4n) is 2.65. The highest BCUT2D eigenvalue weighted by Gasteiger charge is 2.26. The Labute approximate surface area is 188 Å². The van der Waals surface area contributed by atoms with Gasteiger partial charge in [-0.3, -0.25) is 0 Å². The van der Waals surface area contributed by atoms with Crippen LogP contribution < -0.4 is 9.47 Å². The average molecular weight is 526 g/mol. The second kappa shape index (κ2) is 9.63. The molecule has 0 aromatic heterocycles. The highest BCUT2D eigenvalue weighted by molar-refractivity contribution is 14.1. The number of benzene rings is 2. The number of halogens is 2. The van der Waals surface area contributed by atoms with Gasteiger partial charge in [0.1, 0.15) is 0 Å². The zero-order valence-electron chi connectivity index (χ0n) is 16.4. The van der Waals surface area contributed by atoms with Gasteiger partial charge in [0.05, 0.1) is 26.9 Å². The van der Waals surface area contributed by atoms with Crippen molar-refractivity contribution in [2.24, 2.45) is 4.99 Å². The first-order valence-electron chi connectivity index (χ1n) is 9.33. The van der Waals surface area contributed by atoms with Crippen LogP contribution in [-0.4, -0.2) is 24.6 Å². The quantitative estimate of drug-likeness (QED) is 0.258. The molecule has 1 atom stereocenters. The molecule has 0 saturated heterocycles. The van der Waals surface area contributed by atoms with Gasteiger partial charge in [-0.05, 0) is 78.8 Å². The Morgan fingerprint density at radius 2 is 2.03 bits per heavy atom. The molecule has 2 aromatic carbocycles. The largest absolute Gasteiger partial charge is 0.490 e. The van der Waals surface area contributed by atoms with Gasteiger partial charge in [0.25, 0.3) is 0 Å². The van der Waals surface area contributed by atoms with Crippen molar-refractivity contribution in [2.45, 2.75) is 33.3 Å². The molecule has 0 bridgehead atoms. The molecule has 0 aliphatic carbocycles. The molecule has 0 spiro atoms. The first kappa shape index (κ1) is 21.6. The molecular weight excluding hydrogens is 505 g/mol. The maximum atomic E-state index is 12.3. The molecule has 0 saturated carbocycles. The van der Waals surface area contributed by atoms with Crippen LogP contribution in [0, 0.1) is 3.57 Å². The Morgan fingerprint density at radius 1 is 1.28 bits per heavy atom. The van der Waals surface area contributed by atoms with Gasteiger partial charge in [-0.2, -0.15) is 0 Å². The molecule has 152 valence electrons. The Hall–Kier alpha value is -2.06. The lowest BCUT2D eigenvalue weighted by molar-refractivity contribution is -0.129. The van der Waals surface area contributed by atoms with Crippen molar-refractivity contribution < 1.29 is 19.0 Å². The summed E-state index contributed by atoms with van der Waals surface area (Å²) >= 11 is 8.39. The van der Waals surface area contributed by atoms with Crippen molar-refractivity contribution in [3.63, 3.8) is 0 Å². The van der Waals surface area contributed by atoms with Crippen molar-refractivity contribution in [2.75, 3.05) is 6.61 Å². The van der Waals surface area contributed by atoms with Crippen molar-refractivity contribution in [3.05, 3.63) is 61.8 Å². The van der Waals surface area contributed by atoms with E-state index in [2.05, 4.69) is 34.5 Å². The lowest BCUT2D eigenvalue weighted by Crippen LogP contribution is -2.12. The van der Waals surface area contributed by atoms with E-state index in [4.69, 9.17) is 25.8 Å². The summed E-state index contributed by atoms with van der Waals surface area (Å²) in [6, 6.07) is 10.9. The predicted octanol–water partition coefficient (Wildman–Crippen LogP) is 5.87. The van der Waals surface area contributed by atoms with E-state index in [1.54, 1.807) is 24.3 Å². The van der Waals surface area contributed by atoms with Gasteiger partial charge < -0.3 is 14.2 Å². The minimum Gasteiger partial charge on any atom is -0.490 e. The van der Waals surface area contributed by atoms with Gasteiger partial charge in [0.2, 0.25) is 5.90 Å². The summed E-state index contributed by atoms with van der Waals surface area (Å²) in [7, 11) is 0. The number of carbonyl (C=O) groups is 1. The molecule has 0 radical (unpaired) electrons. The van der Waals surface area contributed by atoms with E-state index in [1.807, 2.05) is 32.0 Å². The van der Waals surface area contributed by atoms with Crippen LogP contribution in [0.25, 0.3) is 6.08 Å². The third-order valence-electron chi connectivity index (χ3n) is 4.25. The van der Waals surface area contributed by atoms with E-state index < -0.39 is 5.97 Å². The van der Waals surface area contributed by atoms with Gasteiger partial charge in [-0.15, -0.1) is 0 Å². The molecule has 0 amide bonds. The van der Waals surface area contributed by atoms with E-state index in [9.17, 15) is 4.79 Å². The number of esters is 1. The molecule has 7 heteroatoms. The van der Waals surface area contributed by atoms with Gasteiger partial charge in [-0.1, -0.05) is 30.7 Å². The maximum absolute atomic E-state index is 12.3. The summed E-state index contributed by atoms with van der Waals surface area (Å²) in [6.45, 7) is 6.50. The number of aliphatic imine (C=N–C) groups is 1. The molecule has 5 nitrogen and oxygen atoms in total. The smallest absolute Gasteiger partial charge is 0.363 e. The molecule has 0 N–H and O–H groups in total. The van der Waals surface area contributed by atoms with Crippen LogP contribution in [0.3, 0.4) is 0 Å². The molecule has 1 unspecified atom stereocenters. The van der Waals surface area contributed by atoms with Crippen molar-refractivity contribution in [1.29, 1.82) is 0 Å². The first-order chi connectivity index (χ1) is 13.9. The molecular formula is C22H21ClINO4. The number of hydrogen-bond donors (Lipinski definition) is 0. The van der Waals surface area contributed by atoms with E-state index in [1.165, 1.54) is 0 Å². The standard InChI is InChI=1S/C22H21ClINO4/c1-4-13(3)28-20-17(24)10-14(12-19(20)27-5-2)11-18-22(26)29-21(25-18)15-8-6-7-9-16(15)23/h6-13H,4-5H2,1-3H3/b18-11-. The zero-order chi connectivity index (χ0) is 21.0. The first-order valence-corrected chi connectivity index (χ1v) is 10.8. The monoisotopic (exact) mass is 525 g/mol. The molecule has 29 heavy (non-hydrogen) atoms. The van der Waals surface area contributed by atoms with Gasteiger partial charge >= 0.3 is 5.97 Å². The molecule has 0 fully saturated rings.